The quantitative estimate of drug-likeness (QED) is 0.373. The molecule has 1 amide bonds. The van der Waals surface area contributed by atoms with Crippen molar-refractivity contribution in [2.75, 3.05) is 26.2 Å². The van der Waals surface area contributed by atoms with Crippen LogP contribution in [0.15, 0.2) is 49.0 Å². The van der Waals surface area contributed by atoms with E-state index in [0.717, 1.165) is 64.4 Å². The van der Waals surface area contributed by atoms with Gasteiger partial charge in [-0.2, -0.15) is 0 Å². The molecule has 2 saturated heterocycles. The molecule has 7 heteroatoms. The fourth-order valence-corrected chi connectivity index (χ4v) is 6.01. The second-order valence-corrected chi connectivity index (χ2v) is 10.3. The average Bonchev–Trinajstić information content (AvgIpc) is 3.27. The standard InChI is InChI=1S/C29H30N4O3/c34-29(32-11-6-24(7-12-32)31-9-2-1-3-10-31)36-25-4-5-26-21(15-25)14-22-17-33-18-23-19-35-13-8-20(23)16-27(33)28(22)30-26/h4-5,8,13-18,24H,1-3,6-7,9-12,19H2. The molecule has 0 spiro atoms. The van der Waals surface area contributed by atoms with Gasteiger partial charge in [0.25, 0.3) is 0 Å². The summed E-state index contributed by atoms with van der Waals surface area (Å²) in [6.45, 7) is 4.52. The van der Waals surface area contributed by atoms with Crippen LogP contribution in [0.3, 0.4) is 0 Å². The van der Waals surface area contributed by atoms with Crippen molar-refractivity contribution < 1.29 is 14.3 Å². The van der Waals surface area contributed by atoms with Crippen LogP contribution < -0.4 is 4.74 Å². The third-order valence-electron chi connectivity index (χ3n) is 7.99. The summed E-state index contributed by atoms with van der Waals surface area (Å²) < 4.78 is 13.4. The molecule has 0 radical (unpaired) electrons. The zero-order valence-corrected chi connectivity index (χ0v) is 20.4. The molecule has 6 heterocycles. The van der Waals surface area contributed by atoms with E-state index in [1.54, 1.807) is 6.26 Å². The molecular weight excluding hydrogens is 452 g/mol. The Morgan fingerprint density at radius 2 is 1.83 bits per heavy atom. The molecular formula is C29H30N4O3. The number of aromatic nitrogens is 2. The van der Waals surface area contributed by atoms with Crippen molar-refractivity contribution >= 4 is 39.5 Å². The highest BCUT2D eigenvalue weighted by molar-refractivity contribution is 6.01. The Kier molecular flexibility index (Phi) is 5.31. The van der Waals surface area contributed by atoms with E-state index in [9.17, 15) is 4.79 Å². The molecule has 3 aliphatic heterocycles. The zero-order valence-electron chi connectivity index (χ0n) is 20.4. The monoisotopic (exact) mass is 482 g/mol. The van der Waals surface area contributed by atoms with Gasteiger partial charge in [0.1, 0.15) is 12.4 Å². The summed E-state index contributed by atoms with van der Waals surface area (Å²) in [5, 5.41) is 2.01. The van der Waals surface area contributed by atoms with E-state index >= 15 is 0 Å². The van der Waals surface area contributed by atoms with Crippen molar-refractivity contribution in [2.24, 2.45) is 0 Å². The Balaban J connectivity index is 1.10. The third-order valence-corrected chi connectivity index (χ3v) is 7.99. The number of amides is 1. The molecule has 4 aromatic rings. The molecule has 7 rings (SSSR count). The first-order valence-electron chi connectivity index (χ1n) is 13.1. The Morgan fingerprint density at radius 3 is 2.69 bits per heavy atom. The fourth-order valence-electron chi connectivity index (χ4n) is 6.01. The van der Waals surface area contributed by atoms with Crippen LogP contribution in [0, 0.1) is 0 Å². The predicted octanol–water partition coefficient (Wildman–Crippen LogP) is 5.59. The molecule has 184 valence electrons. The summed E-state index contributed by atoms with van der Waals surface area (Å²) in [5.41, 5.74) is 5.24. The van der Waals surface area contributed by atoms with Gasteiger partial charge in [0, 0.05) is 47.9 Å². The van der Waals surface area contributed by atoms with Crippen LogP contribution in [0.5, 0.6) is 5.75 Å². The van der Waals surface area contributed by atoms with E-state index in [1.165, 1.54) is 32.4 Å². The lowest BCUT2D eigenvalue weighted by molar-refractivity contribution is 0.0878. The van der Waals surface area contributed by atoms with Crippen molar-refractivity contribution in [3.63, 3.8) is 0 Å². The van der Waals surface area contributed by atoms with Crippen molar-refractivity contribution in [2.45, 2.75) is 44.8 Å². The second-order valence-electron chi connectivity index (χ2n) is 10.3. The van der Waals surface area contributed by atoms with Gasteiger partial charge < -0.3 is 23.7 Å². The molecule has 3 aromatic heterocycles. The summed E-state index contributed by atoms with van der Waals surface area (Å²) in [6.07, 6.45) is 13.7. The van der Waals surface area contributed by atoms with Crippen LogP contribution in [0.25, 0.3) is 33.4 Å². The second kappa shape index (κ2) is 8.82. The van der Waals surface area contributed by atoms with Crippen LogP contribution in [-0.2, 0) is 11.3 Å². The van der Waals surface area contributed by atoms with E-state index in [4.69, 9.17) is 14.5 Å². The summed E-state index contributed by atoms with van der Waals surface area (Å²) in [4.78, 5) is 22.3. The molecule has 0 saturated carbocycles. The molecule has 0 aliphatic carbocycles. The molecule has 0 unspecified atom stereocenters. The van der Waals surface area contributed by atoms with Crippen LogP contribution in [0.1, 0.15) is 43.2 Å². The Morgan fingerprint density at radius 1 is 0.972 bits per heavy atom. The van der Waals surface area contributed by atoms with Crippen LogP contribution in [0.4, 0.5) is 4.79 Å². The summed E-state index contributed by atoms with van der Waals surface area (Å²) in [6, 6.07) is 10.6. The van der Waals surface area contributed by atoms with E-state index in [-0.39, 0.29) is 6.09 Å². The number of benzene rings is 1. The van der Waals surface area contributed by atoms with Gasteiger partial charge in [0.2, 0.25) is 0 Å². The number of pyridine rings is 2. The van der Waals surface area contributed by atoms with Gasteiger partial charge >= 0.3 is 6.09 Å². The fraction of sp³-hybridized carbons (Fsp3) is 0.379. The number of rotatable bonds is 2. The zero-order chi connectivity index (χ0) is 24.1. The van der Waals surface area contributed by atoms with E-state index < -0.39 is 0 Å². The first-order chi connectivity index (χ1) is 17.7. The lowest BCUT2D eigenvalue weighted by atomic mass is 10.0. The van der Waals surface area contributed by atoms with Gasteiger partial charge in [-0.15, -0.1) is 0 Å². The maximum absolute atomic E-state index is 12.9. The molecule has 0 N–H and O–H groups in total. The van der Waals surface area contributed by atoms with Gasteiger partial charge in [-0.25, -0.2) is 9.78 Å². The van der Waals surface area contributed by atoms with Crippen molar-refractivity contribution in [3.8, 4) is 5.75 Å². The Labute approximate surface area is 209 Å². The number of carbonyl (C=O) groups excluding carboxylic acids is 1. The number of fused-ring (bicyclic) bond motifs is 5. The summed E-state index contributed by atoms with van der Waals surface area (Å²) in [5.74, 6) is 0.563. The minimum absolute atomic E-state index is 0.254. The highest BCUT2D eigenvalue weighted by Crippen LogP contribution is 2.30. The highest BCUT2D eigenvalue weighted by Gasteiger charge is 2.28. The molecule has 1 aromatic carbocycles. The van der Waals surface area contributed by atoms with E-state index in [0.29, 0.717) is 18.4 Å². The Bertz CT molecular complexity index is 1490. The average molecular weight is 483 g/mol. The molecule has 2 fully saturated rings. The molecule has 3 aliphatic rings. The lowest BCUT2D eigenvalue weighted by Gasteiger charge is -2.39. The first kappa shape index (κ1) is 21.7. The van der Waals surface area contributed by atoms with Gasteiger partial charge in [-0.3, -0.25) is 0 Å². The largest absolute Gasteiger partial charge is 0.496 e. The van der Waals surface area contributed by atoms with Crippen LogP contribution in [-0.4, -0.2) is 57.5 Å². The number of hydrogen-bond acceptors (Lipinski definition) is 5. The van der Waals surface area contributed by atoms with Crippen molar-refractivity contribution in [1.29, 1.82) is 0 Å². The van der Waals surface area contributed by atoms with Crippen molar-refractivity contribution in [3.05, 3.63) is 60.1 Å². The minimum atomic E-state index is -0.254. The molecule has 7 nitrogen and oxygen atoms in total. The normalized spacial score (nSPS) is 19.1. The first-order valence-corrected chi connectivity index (χ1v) is 13.1. The molecule has 0 atom stereocenters. The lowest BCUT2D eigenvalue weighted by Crippen LogP contribution is -2.48. The predicted molar refractivity (Wildman–Crippen MR) is 140 cm³/mol. The van der Waals surface area contributed by atoms with Crippen LogP contribution >= 0.6 is 0 Å². The topological polar surface area (TPSA) is 59.3 Å². The smallest absolute Gasteiger partial charge is 0.415 e. The van der Waals surface area contributed by atoms with Crippen LogP contribution in [0.2, 0.25) is 0 Å². The van der Waals surface area contributed by atoms with Gasteiger partial charge in [0.05, 0.1) is 22.8 Å². The number of nitrogens with zero attached hydrogens (tertiary/aromatic N) is 4. The van der Waals surface area contributed by atoms with Gasteiger partial charge in [0.15, 0.2) is 0 Å². The number of ether oxygens (including phenoxy) is 2. The SMILES string of the molecule is O=C(Oc1ccc2nc3c(cc2c1)cn1cc2c(cc31)C=COC2)N1CCC(N2CCCCC2)CC1. The van der Waals surface area contributed by atoms with Crippen molar-refractivity contribution in [1.82, 2.24) is 19.2 Å². The van der Waals surface area contributed by atoms with E-state index in [1.807, 2.05) is 29.2 Å². The maximum Gasteiger partial charge on any atom is 0.415 e. The number of carbonyl (C=O) groups is 1. The highest BCUT2D eigenvalue weighted by atomic mass is 16.6. The number of likely N-dealkylation sites (tertiary alicyclic amines) is 2. The Hall–Kier alpha value is -3.58. The van der Waals surface area contributed by atoms with Gasteiger partial charge in [-0.05, 0) is 80.7 Å². The number of hydrogen-bond donors (Lipinski definition) is 0. The maximum atomic E-state index is 12.9. The number of piperidine rings is 2. The summed E-state index contributed by atoms with van der Waals surface area (Å²) >= 11 is 0. The van der Waals surface area contributed by atoms with E-state index in [2.05, 4.69) is 33.8 Å². The van der Waals surface area contributed by atoms with Gasteiger partial charge in [-0.1, -0.05) is 6.42 Å². The summed E-state index contributed by atoms with van der Waals surface area (Å²) in [7, 11) is 0. The minimum Gasteiger partial charge on any atom is -0.496 e. The molecule has 0 bridgehead atoms. The third kappa shape index (κ3) is 3.88. The molecule has 36 heavy (non-hydrogen) atoms.